The number of fused-ring (bicyclic) bond motifs is 1. The van der Waals surface area contributed by atoms with Gasteiger partial charge in [0.2, 0.25) is 0 Å². The predicted octanol–water partition coefficient (Wildman–Crippen LogP) is 3.38. The number of hydrogen-bond acceptors (Lipinski definition) is 8. The summed E-state index contributed by atoms with van der Waals surface area (Å²) in [4.78, 5) is 19.4. The summed E-state index contributed by atoms with van der Waals surface area (Å²) in [5, 5.41) is 21.0. The van der Waals surface area contributed by atoms with Gasteiger partial charge < -0.3 is 20.8 Å². The monoisotopic (exact) mass is 492 g/mol. The normalized spacial score (nSPS) is 18.8. The van der Waals surface area contributed by atoms with Crippen LogP contribution in [0, 0.1) is 0 Å². The van der Waals surface area contributed by atoms with Crippen molar-refractivity contribution in [2.75, 3.05) is 17.2 Å². The molecule has 0 radical (unpaired) electrons. The Labute approximate surface area is 192 Å². The minimum absolute atomic E-state index is 0.371. The van der Waals surface area contributed by atoms with Gasteiger partial charge in [0.1, 0.15) is 18.0 Å². The maximum absolute atomic E-state index is 10.3. The quantitative estimate of drug-likeness (QED) is 0.397. The van der Waals surface area contributed by atoms with Crippen molar-refractivity contribution in [3.8, 4) is 22.4 Å². The smallest absolute Gasteiger partial charge is 0.165 e. The summed E-state index contributed by atoms with van der Waals surface area (Å²) in [5.41, 5.74) is 10.0. The zero-order chi connectivity index (χ0) is 22.2. The highest BCUT2D eigenvalue weighted by atomic mass is 79.9. The summed E-state index contributed by atoms with van der Waals surface area (Å²) in [6, 6.07) is 13.6. The van der Waals surface area contributed by atoms with Crippen molar-refractivity contribution in [1.82, 2.24) is 19.9 Å². The highest BCUT2D eigenvalue weighted by molar-refractivity contribution is 9.10. The molecule has 4 heterocycles. The second kappa shape index (κ2) is 8.42. The van der Waals surface area contributed by atoms with Crippen molar-refractivity contribution < 1.29 is 10.2 Å². The molecule has 4 aromatic rings. The van der Waals surface area contributed by atoms with Crippen LogP contribution in [0.3, 0.4) is 0 Å². The molecule has 2 atom stereocenters. The van der Waals surface area contributed by atoms with Gasteiger partial charge in [0.05, 0.1) is 17.2 Å². The molecular weight excluding hydrogens is 472 g/mol. The topological polar surface area (TPSA) is 121 Å². The number of nitrogens with two attached hydrogens (primary N) is 1. The van der Waals surface area contributed by atoms with E-state index < -0.39 is 12.3 Å². The van der Waals surface area contributed by atoms with Gasteiger partial charge in [-0.1, -0.05) is 28.1 Å². The van der Waals surface area contributed by atoms with Gasteiger partial charge in [0, 0.05) is 22.8 Å². The van der Waals surface area contributed by atoms with E-state index in [1.165, 1.54) is 6.33 Å². The zero-order valence-electron chi connectivity index (χ0n) is 17.1. The lowest BCUT2D eigenvalue weighted by Gasteiger charge is -2.36. The Morgan fingerprint density at radius 2 is 1.91 bits per heavy atom. The first-order valence-corrected chi connectivity index (χ1v) is 11.1. The van der Waals surface area contributed by atoms with Gasteiger partial charge in [-0.15, -0.1) is 0 Å². The molecular formula is C23H21BrN6O2. The lowest BCUT2D eigenvalue weighted by atomic mass is 10.0. The lowest BCUT2D eigenvalue weighted by Crippen LogP contribution is -2.48. The predicted molar refractivity (Wildman–Crippen MR) is 127 cm³/mol. The fraction of sp³-hybridized carbons (Fsp3) is 0.217. The summed E-state index contributed by atoms with van der Waals surface area (Å²) < 4.78 is 0.949. The van der Waals surface area contributed by atoms with E-state index in [0.717, 1.165) is 27.6 Å². The number of hydrogen-bond donors (Lipinski definition) is 3. The van der Waals surface area contributed by atoms with Crippen LogP contribution in [0.25, 0.3) is 33.4 Å². The molecule has 2 unspecified atom stereocenters. The molecule has 0 spiro atoms. The fourth-order valence-corrected chi connectivity index (χ4v) is 4.44. The fourth-order valence-electron chi connectivity index (χ4n) is 4.04. The van der Waals surface area contributed by atoms with Crippen LogP contribution < -0.4 is 10.6 Å². The van der Waals surface area contributed by atoms with Gasteiger partial charge in [-0.3, -0.25) is 0 Å². The van der Waals surface area contributed by atoms with E-state index in [-0.39, 0.29) is 0 Å². The van der Waals surface area contributed by atoms with Crippen LogP contribution in [0.15, 0.2) is 59.5 Å². The number of benzene rings is 1. The van der Waals surface area contributed by atoms with Crippen LogP contribution in [-0.2, 0) is 0 Å². The average molecular weight is 493 g/mol. The second-order valence-electron chi connectivity index (χ2n) is 7.74. The number of nitrogens with zero attached hydrogens (tertiary/aromatic N) is 5. The van der Waals surface area contributed by atoms with Crippen LogP contribution in [0.4, 0.5) is 11.6 Å². The van der Waals surface area contributed by atoms with Gasteiger partial charge in [-0.05, 0) is 54.3 Å². The largest absolute Gasteiger partial charge is 0.388 e. The summed E-state index contributed by atoms with van der Waals surface area (Å²) >= 11 is 3.53. The van der Waals surface area contributed by atoms with E-state index >= 15 is 0 Å². The number of pyridine rings is 2. The Bertz CT molecular complexity index is 1280. The number of piperidine rings is 1. The number of anilines is 2. The molecule has 5 rings (SSSR count). The molecule has 0 saturated carbocycles. The van der Waals surface area contributed by atoms with E-state index in [4.69, 9.17) is 10.7 Å². The lowest BCUT2D eigenvalue weighted by molar-refractivity contribution is -0.00225. The summed E-state index contributed by atoms with van der Waals surface area (Å²) in [6.07, 6.45) is 2.77. The second-order valence-corrected chi connectivity index (χ2v) is 8.66. The maximum Gasteiger partial charge on any atom is 0.165 e. The van der Waals surface area contributed by atoms with E-state index in [9.17, 15) is 10.2 Å². The molecule has 1 aromatic carbocycles. The van der Waals surface area contributed by atoms with Crippen molar-refractivity contribution >= 4 is 38.6 Å². The molecule has 1 saturated heterocycles. The van der Waals surface area contributed by atoms with E-state index in [1.807, 2.05) is 42.5 Å². The van der Waals surface area contributed by atoms with E-state index in [1.54, 1.807) is 11.1 Å². The summed E-state index contributed by atoms with van der Waals surface area (Å²) in [7, 11) is 0. The van der Waals surface area contributed by atoms with Crippen LogP contribution in [-0.4, -0.2) is 49.0 Å². The average Bonchev–Trinajstić information content (AvgIpc) is 2.80. The Morgan fingerprint density at radius 1 is 1.03 bits per heavy atom. The molecule has 3 aromatic heterocycles. The number of aromatic nitrogens is 4. The standard InChI is InChI=1S/C23H21BrN6O2/c24-15-4-1-3-13(9-15)16-10-17(29-22-20(16)21(25)27-12-28-22)14-6-7-19(26-11-14)30-8-2-5-18(31)23(30)32/h1,3-4,6-7,9-12,18,23,31-32H,2,5,8H2,(H2,25,27,28,29). The Kier molecular flexibility index (Phi) is 5.46. The number of nitrogen functional groups attached to an aromatic ring is 1. The molecule has 4 N–H and O–H groups in total. The SMILES string of the molecule is Nc1ncnc2nc(-c3ccc(N4CCCC(O)C4O)nc3)cc(-c3cccc(Br)c3)c12. The van der Waals surface area contributed by atoms with Crippen molar-refractivity contribution in [1.29, 1.82) is 0 Å². The van der Waals surface area contributed by atoms with Gasteiger partial charge in [0.25, 0.3) is 0 Å². The molecule has 1 fully saturated rings. The van der Waals surface area contributed by atoms with Crippen molar-refractivity contribution in [3.05, 3.63) is 59.5 Å². The number of aliphatic hydroxyl groups excluding tert-OH is 2. The number of halogens is 1. The van der Waals surface area contributed by atoms with Gasteiger partial charge in [0.15, 0.2) is 11.9 Å². The molecule has 1 aliphatic rings. The van der Waals surface area contributed by atoms with Crippen LogP contribution in [0.5, 0.6) is 0 Å². The zero-order valence-corrected chi connectivity index (χ0v) is 18.6. The minimum Gasteiger partial charge on any atom is -0.388 e. The first-order chi connectivity index (χ1) is 15.5. The molecule has 9 heteroatoms. The molecule has 32 heavy (non-hydrogen) atoms. The summed E-state index contributed by atoms with van der Waals surface area (Å²) in [6.45, 7) is 0.641. The number of rotatable bonds is 3. The van der Waals surface area contributed by atoms with Crippen molar-refractivity contribution in [3.63, 3.8) is 0 Å². The maximum atomic E-state index is 10.3. The summed E-state index contributed by atoms with van der Waals surface area (Å²) in [5.74, 6) is 0.981. The highest BCUT2D eigenvalue weighted by Crippen LogP contribution is 2.35. The third-order valence-corrected chi connectivity index (χ3v) is 6.16. The van der Waals surface area contributed by atoms with Crippen LogP contribution in [0.2, 0.25) is 0 Å². The van der Waals surface area contributed by atoms with Crippen LogP contribution in [0.1, 0.15) is 12.8 Å². The molecule has 1 aliphatic heterocycles. The molecule has 0 bridgehead atoms. The van der Waals surface area contributed by atoms with Gasteiger partial charge in [-0.2, -0.15) is 0 Å². The third kappa shape index (κ3) is 3.79. The third-order valence-electron chi connectivity index (χ3n) is 5.67. The minimum atomic E-state index is -0.955. The first kappa shape index (κ1) is 20.7. The molecule has 162 valence electrons. The molecule has 8 nitrogen and oxygen atoms in total. The van der Waals surface area contributed by atoms with E-state index in [2.05, 4.69) is 30.9 Å². The molecule has 0 aliphatic carbocycles. The Morgan fingerprint density at radius 3 is 2.69 bits per heavy atom. The Hall–Kier alpha value is -3.14. The van der Waals surface area contributed by atoms with Crippen molar-refractivity contribution in [2.24, 2.45) is 0 Å². The van der Waals surface area contributed by atoms with Gasteiger partial charge >= 0.3 is 0 Å². The van der Waals surface area contributed by atoms with Crippen LogP contribution >= 0.6 is 15.9 Å². The Balaban J connectivity index is 1.59. The molecule has 0 amide bonds. The number of aliphatic hydroxyl groups is 2. The van der Waals surface area contributed by atoms with Crippen molar-refractivity contribution in [2.45, 2.75) is 25.2 Å². The first-order valence-electron chi connectivity index (χ1n) is 10.3. The van der Waals surface area contributed by atoms with Gasteiger partial charge in [-0.25, -0.2) is 19.9 Å². The highest BCUT2D eigenvalue weighted by Gasteiger charge is 2.29. The van der Waals surface area contributed by atoms with E-state index in [0.29, 0.717) is 41.3 Å².